The van der Waals surface area contributed by atoms with Gasteiger partial charge < -0.3 is 11.1 Å². The number of thiophene rings is 1. The second-order valence-electron chi connectivity index (χ2n) is 5.66. The molecule has 3 N–H and O–H groups in total. The topological polar surface area (TPSA) is 85.8 Å². The van der Waals surface area contributed by atoms with Crippen molar-refractivity contribution < 1.29 is 4.79 Å². The molecule has 0 saturated heterocycles. The molecule has 0 spiro atoms. The highest BCUT2D eigenvalue weighted by atomic mass is 35.5. The van der Waals surface area contributed by atoms with Gasteiger partial charge in [0.15, 0.2) is 5.82 Å². The van der Waals surface area contributed by atoms with Crippen molar-refractivity contribution in [2.24, 2.45) is 5.73 Å². The highest BCUT2D eigenvalue weighted by Gasteiger charge is 2.33. The molecule has 1 amide bonds. The van der Waals surface area contributed by atoms with Gasteiger partial charge in [-0.05, 0) is 36.1 Å². The number of fused-ring (bicyclic) bond motifs is 1. The van der Waals surface area contributed by atoms with Crippen molar-refractivity contribution in [3.63, 3.8) is 0 Å². The molecule has 1 aromatic carbocycles. The minimum atomic E-state index is -0.497. The summed E-state index contributed by atoms with van der Waals surface area (Å²) in [6.07, 6.45) is 0. The summed E-state index contributed by atoms with van der Waals surface area (Å²) in [7, 11) is 0. The molecule has 1 aliphatic rings. The average Bonchev–Trinajstić information content (AvgIpc) is 3.23. The van der Waals surface area contributed by atoms with Crippen LogP contribution in [0, 0.1) is 0 Å². The number of amides is 1. The molecule has 1 aliphatic heterocycles. The normalized spacial score (nSPS) is 16.5. The van der Waals surface area contributed by atoms with E-state index in [2.05, 4.69) is 15.4 Å². The van der Waals surface area contributed by atoms with Crippen LogP contribution in [0.5, 0.6) is 0 Å². The summed E-state index contributed by atoms with van der Waals surface area (Å²) in [5.41, 5.74) is 7.64. The SMILES string of the molecule is CC1=C(C(N)=O)C(c2ccc(Cl)cc2)n2nc(-c3cccs3)nc2N1. The number of carbonyl (C=O) groups is 1. The van der Waals surface area contributed by atoms with E-state index in [4.69, 9.17) is 17.3 Å². The lowest BCUT2D eigenvalue weighted by Crippen LogP contribution is -2.31. The first-order valence-electron chi connectivity index (χ1n) is 7.58. The van der Waals surface area contributed by atoms with Crippen molar-refractivity contribution in [2.75, 3.05) is 5.32 Å². The molecule has 4 rings (SSSR count). The molecular formula is C17H14ClN5OS. The number of allylic oxidation sites excluding steroid dienone is 1. The Morgan fingerprint density at radius 1 is 1.32 bits per heavy atom. The summed E-state index contributed by atoms with van der Waals surface area (Å²) in [6.45, 7) is 1.81. The van der Waals surface area contributed by atoms with Crippen LogP contribution in [0.3, 0.4) is 0 Å². The van der Waals surface area contributed by atoms with E-state index in [0.29, 0.717) is 28.1 Å². The number of hydrogen-bond acceptors (Lipinski definition) is 5. The standard InChI is InChI=1S/C17H14ClN5OS/c1-9-13(15(19)24)14(10-4-6-11(18)7-5-10)23-17(20-9)21-16(22-23)12-3-2-8-25-12/h2-8,14H,1H3,(H2,19,24)(H,20,21,22). The monoisotopic (exact) mass is 371 g/mol. The van der Waals surface area contributed by atoms with Crippen LogP contribution in [-0.4, -0.2) is 20.7 Å². The van der Waals surface area contributed by atoms with Crippen molar-refractivity contribution >= 4 is 34.8 Å². The quantitative estimate of drug-likeness (QED) is 0.738. The molecule has 1 atom stereocenters. The third-order valence-corrected chi connectivity index (χ3v) is 5.16. The number of nitrogens with two attached hydrogens (primary N) is 1. The molecule has 6 nitrogen and oxygen atoms in total. The maximum atomic E-state index is 12.1. The first-order valence-corrected chi connectivity index (χ1v) is 8.84. The molecule has 3 heterocycles. The van der Waals surface area contributed by atoms with Crippen LogP contribution in [0.15, 0.2) is 53.0 Å². The highest BCUT2D eigenvalue weighted by molar-refractivity contribution is 7.13. The Morgan fingerprint density at radius 3 is 2.72 bits per heavy atom. The van der Waals surface area contributed by atoms with E-state index < -0.39 is 11.9 Å². The van der Waals surface area contributed by atoms with Crippen molar-refractivity contribution in [1.29, 1.82) is 0 Å². The van der Waals surface area contributed by atoms with Crippen molar-refractivity contribution in [1.82, 2.24) is 14.8 Å². The van der Waals surface area contributed by atoms with Crippen LogP contribution in [0.4, 0.5) is 5.95 Å². The summed E-state index contributed by atoms with van der Waals surface area (Å²) in [5.74, 6) is 0.685. The van der Waals surface area contributed by atoms with Gasteiger partial charge in [-0.2, -0.15) is 4.98 Å². The van der Waals surface area contributed by atoms with Gasteiger partial charge in [0.2, 0.25) is 11.9 Å². The number of anilines is 1. The molecule has 2 aromatic heterocycles. The molecule has 1 unspecified atom stereocenters. The smallest absolute Gasteiger partial charge is 0.248 e. The maximum absolute atomic E-state index is 12.1. The van der Waals surface area contributed by atoms with E-state index >= 15 is 0 Å². The molecule has 0 saturated carbocycles. The number of rotatable bonds is 3. The van der Waals surface area contributed by atoms with Gasteiger partial charge in [0.1, 0.15) is 6.04 Å². The lowest BCUT2D eigenvalue weighted by molar-refractivity contribution is -0.115. The predicted molar refractivity (Wildman–Crippen MR) is 98.4 cm³/mol. The van der Waals surface area contributed by atoms with Crippen LogP contribution in [0.1, 0.15) is 18.5 Å². The Bertz CT molecular complexity index is 975. The lowest BCUT2D eigenvalue weighted by atomic mass is 9.95. The number of nitrogens with one attached hydrogen (secondary N) is 1. The number of halogens is 1. The second-order valence-corrected chi connectivity index (χ2v) is 7.05. The summed E-state index contributed by atoms with van der Waals surface area (Å²) in [5, 5.41) is 10.3. The zero-order valence-corrected chi connectivity index (χ0v) is 14.8. The molecule has 0 fully saturated rings. The molecule has 3 aromatic rings. The second kappa shape index (κ2) is 6.02. The Balaban J connectivity index is 1.89. The van der Waals surface area contributed by atoms with Gasteiger partial charge in [0.25, 0.3) is 0 Å². The molecule has 25 heavy (non-hydrogen) atoms. The van der Waals surface area contributed by atoms with Gasteiger partial charge >= 0.3 is 0 Å². The maximum Gasteiger partial charge on any atom is 0.248 e. The van der Waals surface area contributed by atoms with Crippen LogP contribution in [0.25, 0.3) is 10.7 Å². The molecule has 0 radical (unpaired) electrons. The summed E-state index contributed by atoms with van der Waals surface area (Å²) >= 11 is 7.56. The number of aromatic nitrogens is 3. The van der Waals surface area contributed by atoms with Crippen molar-refractivity contribution in [3.05, 3.63) is 63.6 Å². The third kappa shape index (κ3) is 2.71. The Kier molecular flexibility index (Phi) is 3.82. The van der Waals surface area contributed by atoms with Crippen molar-refractivity contribution in [3.8, 4) is 10.7 Å². The van der Waals surface area contributed by atoms with Crippen LogP contribution < -0.4 is 11.1 Å². The molecule has 8 heteroatoms. The van der Waals surface area contributed by atoms with Gasteiger partial charge in [-0.25, -0.2) is 4.68 Å². The van der Waals surface area contributed by atoms with Gasteiger partial charge in [-0.15, -0.1) is 16.4 Å². The number of hydrogen-bond donors (Lipinski definition) is 2. The Hall–Kier alpha value is -2.64. The Labute approximate surface area is 152 Å². The van der Waals surface area contributed by atoms with Gasteiger partial charge in [-0.3, -0.25) is 4.79 Å². The Morgan fingerprint density at radius 2 is 2.08 bits per heavy atom. The lowest BCUT2D eigenvalue weighted by Gasteiger charge is -2.27. The van der Waals surface area contributed by atoms with E-state index in [-0.39, 0.29) is 0 Å². The predicted octanol–water partition coefficient (Wildman–Crippen LogP) is 3.43. The number of primary amides is 1. The van der Waals surface area contributed by atoms with Gasteiger partial charge in [0.05, 0.1) is 10.5 Å². The fraction of sp³-hybridized carbons (Fsp3) is 0.118. The number of nitrogens with zero attached hydrogens (tertiary/aromatic N) is 3. The van der Waals surface area contributed by atoms with Crippen LogP contribution in [-0.2, 0) is 4.79 Å². The first-order chi connectivity index (χ1) is 12.0. The van der Waals surface area contributed by atoms with E-state index in [9.17, 15) is 4.79 Å². The zero-order valence-electron chi connectivity index (χ0n) is 13.2. The average molecular weight is 372 g/mol. The first kappa shape index (κ1) is 15.9. The largest absolute Gasteiger partial charge is 0.366 e. The summed E-state index contributed by atoms with van der Waals surface area (Å²) in [6, 6.07) is 10.7. The van der Waals surface area contributed by atoms with E-state index in [0.717, 1.165) is 10.4 Å². The van der Waals surface area contributed by atoms with Crippen molar-refractivity contribution in [2.45, 2.75) is 13.0 Å². The van der Waals surface area contributed by atoms with Crippen LogP contribution >= 0.6 is 22.9 Å². The van der Waals surface area contributed by atoms with E-state index in [1.54, 1.807) is 28.2 Å². The van der Waals surface area contributed by atoms with Crippen LogP contribution in [0.2, 0.25) is 5.02 Å². The summed E-state index contributed by atoms with van der Waals surface area (Å²) < 4.78 is 1.70. The molecule has 126 valence electrons. The molecule has 0 bridgehead atoms. The van der Waals surface area contributed by atoms with Gasteiger partial charge in [0, 0.05) is 10.7 Å². The fourth-order valence-corrected chi connectivity index (χ4v) is 3.71. The molecule has 0 aliphatic carbocycles. The number of carbonyl (C=O) groups excluding carboxylic acids is 1. The number of benzene rings is 1. The highest BCUT2D eigenvalue weighted by Crippen LogP contribution is 2.36. The molecular weight excluding hydrogens is 358 g/mol. The van der Waals surface area contributed by atoms with Gasteiger partial charge in [-0.1, -0.05) is 29.8 Å². The minimum Gasteiger partial charge on any atom is -0.366 e. The fourth-order valence-electron chi connectivity index (χ4n) is 2.93. The van der Waals surface area contributed by atoms with E-state index in [1.165, 1.54) is 0 Å². The third-order valence-electron chi connectivity index (χ3n) is 4.05. The summed E-state index contributed by atoms with van der Waals surface area (Å²) in [4.78, 5) is 17.6. The zero-order chi connectivity index (χ0) is 17.6. The van der Waals surface area contributed by atoms with E-state index in [1.807, 2.05) is 36.6 Å². The minimum absolute atomic E-state index is 0.452.